The van der Waals surface area contributed by atoms with Crippen LogP contribution in [0.2, 0.25) is 0 Å². The average Bonchev–Trinajstić information content (AvgIpc) is 2.16. The van der Waals surface area contributed by atoms with Gasteiger partial charge in [-0.15, -0.1) is 0 Å². The average molecular weight is 190 g/mol. The van der Waals surface area contributed by atoms with E-state index in [0.717, 1.165) is 17.7 Å². The number of carbonyl (C=O) groups is 1. The van der Waals surface area contributed by atoms with E-state index in [0.29, 0.717) is 6.04 Å². The summed E-state index contributed by atoms with van der Waals surface area (Å²) in [6.45, 7) is 2.06. The van der Waals surface area contributed by atoms with Crippen LogP contribution in [0.3, 0.4) is 0 Å². The third kappa shape index (κ3) is 1.45. The minimum absolute atomic E-state index is 0.137. The van der Waals surface area contributed by atoms with Gasteiger partial charge in [-0.05, 0) is 25.0 Å². The molecule has 14 heavy (non-hydrogen) atoms. The third-order valence-electron chi connectivity index (χ3n) is 2.67. The molecule has 2 unspecified atom stereocenters. The number of benzene rings is 1. The first-order valence-corrected chi connectivity index (χ1v) is 4.83. The number of primary amides is 1. The Morgan fingerprint density at radius 3 is 2.93 bits per heavy atom. The Bertz CT molecular complexity index is 362. The second-order valence-corrected chi connectivity index (χ2v) is 3.82. The maximum absolute atomic E-state index is 11.3. The Kier molecular flexibility index (Phi) is 2.15. The molecular weight excluding hydrogens is 176 g/mol. The zero-order valence-corrected chi connectivity index (χ0v) is 8.16. The standard InChI is InChI=1S/C11H14N2O/c1-7-6-9(11(12)14)8-4-2-3-5-10(8)13-7/h2-5,7,9,13H,6H2,1H3,(H2,12,14). The van der Waals surface area contributed by atoms with E-state index in [9.17, 15) is 4.79 Å². The Morgan fingerprint density at radius 2 is 2.21 bits per heavy atom. The third-order valence-corrected chi connectivity index (χ3v) is 2.67. The number of hydrogen-bond donors (Lipinski definition) is 2. The molecule has 0 saturated carbocycles. The summed E-state index contributed by atoms with van der Waals surface area (Å²) in [5.74, 6) is -0.367. The van der Waals surface area contributed by atoms with E-state index in [1.54, 1.807) is 0 Å². The van der Waals surface area contributed by atoms with E-state index >= 15 is 0 Å². The summed E-state index contributed by atoms with van der Waals surface area (Å²) < 4.78 is 0. The number of carbonyl (C=O) groups excluding carboxylic acids is 1. The highest BCUT2D eigenvalue weighted by Gasteiger charge is 2.27. The molecular formula is C11H14N2O. The van der Waals surface area contributed by atoms with Crippen molar-refractivity contribution in [3.05, 3.63) is 29.8 Å². The fourth-order valence-corrected chi connectivity index (χ4v) is 2.01. The lowest BCUT2D eigenvalue weighted by Crippen LogP contribution is -2.32. The number of fused-ring (bicyclic) bond motifs is 1. The Balaban J connectivity index is 2.43. The molecule has 0 radical (unpaired) electrons. The van der Waals surface area contributed by atoms with Crippen molar-refractivity contribution in [1.29, 1.82) is 0 Å². The number of nitrogens with two attached hydrogens (primary N) is 1. The van der Waals surface area contributed by atoms with Crippen LogP contribution >= 0.6 is 0 Å². The van der Waals surface area contributed by atoms with Gasteiger partial charge in [0.05, 0.1) is 5.92 Å². The van der Waals surface area contributed by atoms with Gasteiger partial charge in [-0.2, -0.15) is 0 Å². The molecule has 0 fully saturated rings. The van der Waals surface area contributed by atoms with Gasteiger partial charge in [0, 0.05) is 11.7 Å². The molecule has 3 nitrogen and oxygen atoms in total. The molecule has 0 bridgehead atoms. The molecule has 1 aromatic carbocycles. The monoisotopic (exact) mass is 190 g/mol. The SMILES string of the molecule is CC1CC(C(N)=O)c2ccccc2N1. The highest BCUT2D eigenvalue weighted by atomic mass is 16.1. The van der Waals surface area contributed by atoms with Crippen molar-refractivity contribution in [3.8, 4) is 0 Å². The fraction of sp³-hybridized carbons (Fsp3) is 0.364. The van der Waals surface area contributed by atoms with Gasteiger partial charge >= 0.3 is 0 Å². The van der Waals surface area contributed by atoms with Crippen LogP contribution in [0.15, 0.2) is 24.3 Å². The summed E-state index contributed by atoms with van der Waals surface area (Å²) in [5.41, 5.74) is 7.44. The van der Waals surface area contributed by atoms with Gasteiger partial charge in [0.2, 0.25) is 5.91 Å². The number of hydrogen-bond acceptors (Lipinski definition) is 2. The van der Waals surface area contributed by atoms with Gasteiger partial charge in [-0.25, -0.2) is 0 Å². The summed E-state index contributed by atoms with van der Waals surface area (Å²) >= 11 is 0. The van der Waals surface area contributed by atoms with Gasteiger partial charge in [-0.3, -0.25) is 4.79 Å². The van der Waals surface area contributed by atoms with Crippen LogP contribution < -0.4 is 11.1 Å². The van der Waals surface area contributed by atoms with E-state index in [1.165, 1.54) is 0 Å². The molecule has 0 aliphatic carbocycles. The van der Waals surface area contributed by atoms with E-state index in [2.05, 4.69) is 12.2 Å². The van der Waals surface area contributed by atoms with E-state index in [1.807, 2.05) is 24.3 Å². The van der Waals surface area contributed by atoms with Crippen LogP contribution in [-0.4, -0.2) is 11.9 Å². The molecule has 2 atom stereocenters. The Labute approximate surface area is 83.3 Å². The minimum Gasteiger partial charge on any atom is -0.382 e. The summed E-state index contributed by atoms with van der Waals surface area (Å²) in [6, 6.07) is 8.15. The van der Waals surface area contributed by atoms with Crippen molar-refractivity contribution in [2.75, 3.05) is 5.32 Å². The number of anilines is 1. The second kappa shape index (κ2) is 3.33. The second-order valence-electron chi connectivity index (χ2n) is 3.82. The minimum atomic E-state index is -0.231. The summed E-state index contributed by atoms with van der Waals surface area (Å²) in [7, 11) is 0. The first kappa shape index (κ1) is 9.06. The molecule has 3 heteroatoms. The zero-order chi connectivity index (χ0) is 10.1. The quantitative estimate of drug-likeness (QED) is 0.704. The fourth-order valence-electron chi connectivity index (χ4n) is 2.01. The highest BCUT2D eigenvalue weighted by molar-refractivity contribution is 5.85. The lowest BCUT2D eigenvalue weighted by Gasteiger charge is -2.29. The van der Waals surface area contributed by atoms with Crippen molar-refractivity contribution >= 4 is 11.6 Å². The normalized spacial score (nSPS) is 24.9. The predicted octanol–water partition coefficient (Wildman–Crippen LogP) is 1.46. The van der Waals surface area contributed by atoms with Crippen LogP contribution in [0.4, 0.5) is 5.69 Å². The molecule has 1 amide bonds. The highest BCUT2D eigenvalue weighted by Crippen LogP contribution is 2.33. The maximum atomic E-state index is 11.3. The molecule has 0 saturated heterocycles. The number of rotatable bonds is 1. The van der Waals surface area contributed by atoms with E-state index < -0.39 is 0 Å². The molecule has 1 heterocycles. The van der Waals surface area contributed by atoms with Crippen LogP contribution in [0.5, 0.6) is 0 Å². The zero-order valence-electron chi connectivity index (χ0n) is 8.16. The first-order valence-electron chi connectivity index (χ1n) is 4.83. The molecule has 0 aromatic heterocycles. The molecule has 0 spiro atoms. The van der Waals surface area contributed by atoms with Crippen LogP contribution in [0, 0.1) is 0 Å². The van der Waals surface area contributed by atoms with Crippen LogP contribution in [-0.2, 0) is 4.79 Å². The van der Waals surface area contributed by atoms with Gasteiger partial charge in [0.25, 0.3) is 0 Å². The summed E-state index contributed by atoms with van der Waals surface area (Å²) in [5, 5.41) is 3.34. The van der Waals surface area contributed by atoms with Crippen LogP contribution in [0.25, 0.3) is 0 Å². The summed E-state index contributed by atoms with van der Waals surface area (Å²) in [4.78, 5) is 11.3. The molecule has 1 aromatic rings. The van der Waals surface area contributed by atoms with E-state index in [-0.39, 0.29) is 11.8 Å². The molecule has 74 valence electrons. The van der Waals surface area contributed by atoms with Gasteiger partial charge < -0.3 is 11.1 Å². The van der Waals surface area contributed by atoms with Crippen molar-refractivity contribution in [1.82, 2.24) is 0 Å². The molecule has 1 aliphatic rings. The van der Waals surface area contributed by atoms with Crippen LogP contribution in [0.1, 0.15) is 24.8 Å². The number of amides is 1. The maximum Gasteiger partial charge on any atom is 0.225 e. The molecule has 2 rings (SSSR count). The van der Waals surface area contributed by atoms with Gasteiger partial charge in [0.15, 0.2) is 0 Å². The smallest absolute Gasteiger partial charge is 0.225 e. The lowest BCUT2D eigenvalue weighted by molar-refractivity contribution is -0.119. The predicted molar refractivity (Wildman–Crippen MR) is 56.1 cm³/mol. The van der Waals surface area contributed by atoms with Crippen molar-refractivity contribution < 1.29 is 4.79 Å². The summed E-state index contributed by atoms with van der Waals surface area (Å²) in [6.07, 6.45) is 0.784. The Morgan fingerprint density at radius 1 is 1.50 bits per heavy atom. The lowest BCUT2D eigenvalue weighted by atomic mass is 9.87. The van der Waals surface area contributed by atoms with E-state index in [4.69, 9.17) is 5.73 Å². The number of nitrogens with one attached hydrogen (secondary N) is 1. The first-order chi connectivity index (χ1) is 6.68. The Hall–Kier alpha value is -1.51. The topological polar surface area (TPSA) is 55.1 Å². The van der Waals surface area contributed by atoms with Gasteiger partial charge in [-0.1, -0.05) is 18.2 Å². The molecule has 1 aliphatic heterocycles. The van der Waals surface area contributed by atoms with Crippen molar-refractivity contribution in [2.45, 2.75) is 25.3 Å². The van der Waals surface area contributed by atoms with Gasteiger partial charge in [0.1, 0.15) is 0 Å². The van der Waals surface area contributed by atoms with Crippen molar-refractivity contribution in [2.24, 2.45) is 5.73 Å². The largest absolute Gasteiger partial charge is 0.382 e. The number of para-hydroxylation sites is 1. The van der Waals surface area contributed by atoms with Crippen molar-refractivity contribution in [3.63, 3.8) is 0 Å². The molecule has 3 N–H and O–H groups in total.